The van der Waals surface area contributed by atoms with Crippen molar-refractivity contribution in [3.8, 4) is 0 Å². The van der Waals surface area contributed by atoms with Gasteiger partial charge >= 0.3 is 0 Å². The minimum absolute atomic E-state index is 0.0331. The van der Waals surface area contributed by atoms with Gasteiger partial charge in [0.05, 0.1) is 10.9 Å². The number of fused-ring (bicyclic) bond motifs is 3. The maximum atomic E-state index is 12.9. The number of para-hydroxylation sites is 1. The number of carbonyl (C=O) groups is 1. The van der Waals surface area contributed by atoms with E-state index in [0.29, 0.717) is 34.5 Å². The lowest BCUT2D eigenvalue weighted by atomic mass is 9.46. The maximum Gasteiger partial charge on any atom is 0.280 e. The lowest BCUT2D eigenvalue weighted by molar-refractivity contribution is -0.123. The quantitative estimate of drug-likeness (QED) is 0.886. The van der Waals surface area contributed by atoms with Crippen molar-refractivity contribution in [2.75, 3.05) is 5.43 Å². The number of carbonyl (C=O) groups excluding carboxylic acids is 1. The molecule has 0 aliphatic heterocycles. The number of hydrogen-bond acceptors (Lipinski definition) is 3. The molecular formula is C22H29N3O2. The Bertz CT molecular complexity index is 930. The van der Waals surface area contributed by atoms with Gasteiger partial charge in [-0.2, -0.15) is 0 Å². The van der Waals surface area contributed by atoms with E-state index in [1.807, 2.05) is 32.0 Å². The van der Waals surface area contributed by atoms with E-state index in [-0.39, 0.29) is 17.4 Å². The Morgan fingerprint density at radius 3 is 2.52 bits per heavy atom. The van der Waals surface area contributed by atoms with E-state index in [1.165, 1.54) is 11.1 Å². The van der Waals surface area contributed by atoms with E-state index in [0.717, 1.165) is 24.7 Å². The van der Waals surface area contributed by atoms with Gasteiger partial charge in [-0.15, -0.1) is 0 Å². The lowest BCUT2D eigenvalue weighted by Crippen LogP contribution is -2.51. The minimum Gasteiger partial charge on any atom is -0.273 e. The fraction of sp³-hybridized carbons (Fsp3) is 0.591. The summed E-state index contributed by atoms with van der Waals surface area (Å²) in [5, 5.41) is 0.530. The number of amides is 1. The smallest absolute Gasteiger partial charge is 0.273 e. The molecular weight excluding hydrogens is 338 g/mol. The highest BCUT2D eigenvalue weighted by molar-refractivity contribution is 5.85. The molecule has 5 rings (SSSR count). The molecule has 3 atom stereocenters. The van der Waals surface area contributed by atoms with Gasteiger partial charge in [-0.25, -0.2) is 9.66 Å². The summed E-state index contributed by atoms with van der Waals surface area (Å²) in [6.07, 6.45) is 4.05. The molecule has 2 aromatic rings. The molecule has 1 heterocycles. The summed E-state index contributed by atoms with van der Waals surface area (Å²) in [4.78, 5) is 30.3. The van der Waals surface area contributed by atoms with Gasteiger partial charge in [0.15, 0.2) is 0 Å². The van der Waals surface area contributed by atoms with E-state index in [4.69, 9.17) is 0 Å². The van der Waals surface area contributed by atoms with Crippen molar-refractivity contribution in [1.29, 1.82) is 0 Å². The number of aromatic nitrogens is 2. The summed E-state index contributed by atoms with van der Waals surface area (Å²) in [5.74, 6) is 2.45. The van der Waals surface area contributed by atoms with Gasteiger partial charge < -0.3 is 0 Å². The number of benzene rings is 1. The van der Waals surface area contributed by atoms with Crippen molar-refractivity contribution in [3.63, 3.8) is 0 Å². The fourth-order valence-electron chi connectivity index (χ4n) is 5.07. The Morgan fingerprint density at radius 2 is 1.89 bits per heavy atom. The van der Waals surface area contributed by atoms with Crippen LogP contribution in [-0.2, 0) is 4.79 Å². The zero-order chi connectivity index (χ0) is 19.3. The Kier molecular flexibility index (Phi) is 4.36. The second kappa shape index (κ2) is 6.47. The van der Waals surface area contributed by atoms with Gasteiger partial charge in [0.2, 0.25) is 5.91 Å². The molecule has 1 N–H and O–H groups in total. The van der Waals surface area contributed by atoms with Crippen LogP contribution in [-0.4, -0.2) is 15.6 Å². The molecule has 3 aliphatic rings. The third-order valence-corrected chi connectivity index (χ3v) is 6.94. The van der Waals surface area contributed by atoms with Crippen LogP contribution < -0.4 is 11.0 Å². The van der Waals surface area contributed by atoms with Crippen LogP contribution in [0.3, 0.4) is 0 Å². The first-order chi connectivity index (χ1) is 12.8. The predicted molar refractivity (Wildman–Crippen MR) is 107 cm³/mol. The van der Waals surface area contributed by atoms with Gasteiger partial charge in [0.25, 0.3) is 5.56 Å². The Balaban J connectivity index is 1.54. The van der Waals surface area contributed by atoms with Gasteiger partial charge in [0, 0.05) is 12.3 Å². The molecule has 1 aromatic carbocycles. The van der Waals surface area contributed by atoms with Crippen molar-refractivity contribution in [1.82, 2.24) is 9.66 Å². The summed E-state index contributed by atoms with van der Waals surface area (Å²) >= 11 is 0. The van der Waals surface area contributed by atoms with E-state index in [1.54, 1.807) is 6.07 Å². The Hall–Kier alpha value is -2.17. The molecule has 1 unspecified atom stereocenters. The predicted octanol–water partition coefficient (Wildman–Crippen LogP) is 4.05. The van der Waals surface area contributed by atoms with Crippen LogP contribution in [0.5, 0.6) is 0 Å². The molecule has 27 heavy (non-hydrogen) atoms. The molecule has 3 fully saturated rings. The first-order valence-corrected chi connectivity index (χ1v) is 10.1. The van der Waals surface area contributed by atoms with E-state index in [2.05, 4.69) is 24.3 Å². The average molecular weight is 367 g/mol. The van der Waals surface area contributed by atoms with Crippen molar-refractivity contribution in [2.24, 2.45) is 23.2 Å². The van der Waals surface area contributed by atoms with Crippen LogP contribution in [0.1, 0.15) is 65.1 Å². The summed E-state index contributed by atoms with van der Waals surface area (Å²) < 4.78 is 1.36. The maximum absolute atomic E-state index is 12.9. The molecule has 0 spiro atoms. The second-order valence-corrected chi connectivity index (χ2v) is 9.31. The number of nitrogens with zero attached hydrogens (tertiary/aromatic N) is 2. The highest BCUT2D eigenvalue weighted by Gasteiger charge is 2.52. The Labute approximate surface area is 160 Å². The van der Waals surface area contributed by atoms with E-state index in [9.17, 15) is 9.59 Å². The van der Waals surface area contributed by atoms with Crippen LogP contribution in [0.4, 0.5) is 0 Å². The largest absolute Gasteiger partial charge is 0.280 e. The zero-order valence-corrected chi connectivity index (χ0v) is 16.7. The van der Waals surface area contributed by atoms with Crippen molar-refractivity contribution < 1.29 is 4.79 Å². The molecule has 1 aromatic heterocycles. The SMILES string of the molecule is CC(C)c1nc2ccccc2c(=O)n1NC(=O)CC1C[C@@H]2C[C@H](C1)C2(C)C. The topological polar surface area (TPSA) is 64.0 Å². The highest BCUT2D eigenvalue weighted by atomic mass is 16.2. The minimum atomic E-state index is -0.203. The first kappa shape index (κ1) is 18.2. The molecule has 0 saturated heterocycles. The van der Waals surface area contributed by atoms with Crippen LogP contribution in [0.25, 0.3) is 10.9 Å². The van der Waals surface area contributed by atoms with Crippen LogP contribution in [0.2, 0.25) is 0 Å². The van der Waals surface area contributed by atoms with Gasteiger partial charge in [-0.1, -0.05) is 39.8 Å². The average Bonchev–Trinajstić information content (AvgIpc) is 2.63. The van der Waals surface area contributed by atoms with Crippen molar-refractivity contribution in [2.45, 2.75) is 59.3 Å². The van der Waals surface area contributed by atoms with Crippen molar-refractivity contribution in [3.05, 3.63) is 40.4 Å². The molecule has 3 saturated carbocycles. The van der Waals surface area contributed by atoms with Crippen LogP contribution in [0, 0.1) is 23.2 Å². The normalized spacial score (nSPS) is 26.0. The van der Waals surface area contributed by atoms with Crippen LogP contribution >= 0.6 is 0 Å². The van der Waals surface area contributed by atoms with Gasteiger partial charge in [-0.3, -0.25) is 15.0 Å². The Morgan fingerprint density at radius 1 is 1.22 bits per heavy atom. The molecule has 1 amide bonds. The summed E-state index contributed by atoms with van der Waals surface area (Å²) in [7, 11) is 0. The number of hydrogen-bond donors (Lipinski definition) is 1. The summed E-state index contributed by atoms with van der Waals surface area (Å²) in [6, 6.07) is 7.29. The van der Waals surface area contributed by atoms with E-state index >= 15 is 0 Å². The summed E-state index contributed by atoms with van der Waals surface area (Å²) in [6.45, 7) is 8.68. The standard InChI is InChI=1S/C22H29N3O2/c1-13(2)20-23-18-8-6-5-7-17(18)21(27)25(20)24-19(26)11-14-9-15-12-16(10-14)22(15,3)4/h5-8,13-16H,9-12H2,1-4H3,(H,24,26)/t14?,15-,16+. The highest BCUT2D eigenvalue weighted by Crippen LogP contribution is 2.61. The van der Waals surface area contributed by atoms with Gasteiger partial charge in [-0.05, 0) is 54.6 Å². The lowest BCUT2D eigenvalue weighted by Gasteiger charge is -2.59. The fourth-order valence-corrected chi connectivity index (χ4v) is 5.07. The molecule has 5 heteroatoms. The number of nitrogens with one attached hydrogen (secondary N) is 1. The monoisotopic (exact) mass is 367 g/mol. The van der Waals surface area contributed by atoms with Gasteiger partial charge in [0.1, 0.15) is 5.82 Å². The third kappa shape index (κ3) is 3.07. The molecule has 144 valence electrons. The molecule has 3 aliphatic carbocycles. The summed E-state index contributed by atoms with van der Waals surface area (Å²) in [5.41, 5.74) is 3.76. The second-order valence-electron chi connectivity index (χ2n) is 9.31. The third-order valence-electron chi connectivity index (χ3n) is 6.94. The van der Waals surface area contributed by atoms with Crippen molar-refractivity contribution >= 4 is 16.8 Å². The van der Waals surface area contributed by atoms with E-state index < -0.39 is 0 Å². The number of rotatable bonds is 4. The zero-order valence-electron chi connectivity index (χ0n) is 16.7. The first-order valence-electron chi connectivity index (χ1n) is 10.1. The molecule has 2 bridgehead atoms. The molecule has 0 radical (unpaired) electrons. The molecule has 5 nitrogen and oxygen atoms in total. The van der Waals surface area contributed by atoms with Crippen LogP contribution in [0.15, 0.2) is 29.1 Å².